The van der Waals surface area contributed by atoms with Gasteiger partial charge in [-0.3, -0.25) is 9.59 Å². The second kappa shape index (κ2) is 8.95. The van der Waals surface area contributed by atoms with Crippen LogP contribution in [0.25, 0.3) is 10.6 Å². The summed E-state index contributed by atoms with van der Waals surface area (Å²) in [6, 6.07) is 7.27. The van der Waals surface area contributed by atoms with Crippen molar-refractivity contribution in [2.24, 2.45) is 0 Å². The molecule has 0 aliphatic heterocycles. The lowest BCUT2D eigenvalue weighted by atomic mass is 10.2. The van der Waals surface area contributed by atoms with Gasteiger partial charge in [-0.25, -0.2) is 9.78 Å². The Kier molecular flexibility index (Phi) is 6.67. The Hall–Kier alpha value is -2.94. The molecule has 2 aromatic rings. The Morgan fingerprint density at radius 2 is 1.88 bits per heavy atom. The van der Waals surface area contributed by atoms with Crippen LogP contribution in [-0.2, 0) is 14.3 Å². The molecule has 1 aromatic carbocycles. The first kappa shape index (κ1) is 19.4. The summed E-state index contributed by atoms with van der Waals surface area (Å²) in [5.41, 5.74) is 0.966. The zero-order valence-electron chi connectivity index (χ0n) is 14.6. The van der Waals surface area contributed by atoms with Gasteiger partial charge in [-0.05, 0) is 24.3 Å². The molecule has 0 spiro atoms. The van der Waals surface area contributed by atoms with Crippen LogP contribution in [-0.4, -0.2) is 62.0 Å². The highest BCUT2D eigenvalue weighted by Gasteiger charge is 2.15. The number of nitrogens with zero attached hydrogens (tertiary/aromatic N) is 2. The molecular formula is C17H19N3O5S. The lowest BCUT2D eigenvalue weighted by Gasteiger charge is -2.10. The van der Waals surface area contributed by atoms with E-state index in [1.54, 1.807) is 38.7 Å². The van der Waals surface area contributed by atoms with E-state index >= 15 is 0 Å². The van der Waals surface area contributed by atoms with Gasteiger partial charge in [-0.2, -0.15) is 0 Å². The number of methoxy groups -OCH3 is 1. The Bertz CT molecular complexity index is 786. The maximum Gasteiger partial charge on any atom is 0.358 e. The summed E-state index contributed by atoms with van der Waals surface area (Å²) < 4.78 is 10.0. The number of likely N-dealkylation sites (N-methyl/N-ethyl adjacent to an activating group) is 1. The molecule has 0 unspecified atom stereocenters. The number of benzene rings is 1. The molecule has 0 saturated heterocycles. The number of thiazole rings is 1. The van der Waals surface area contributed by atoms with E-state index in [0.29, 0.717) is 5.01 Å². The summed E-state index contributed by atoms with van der Waals surface area (Å²) >= 11 is 1.29. The highest BCUT2D eigenvalue weighted by atomic mass is 32.1. The quantitative estimate of drug-likeness (QED) is 0.728. The fourth-order valence-corrected chi connectivity index (χ4v) is 2.62. The van der Waals surface area contributed by atoms with Crippen molar-refractivity contribution in [2.75, 3.05) is 34.4 Å². The summed E-state index contributed by atoms with van der Waals surface area (Å²) in [4.78, 5) is 40.5. The molecule has 2 amide bonds. The van der Waals surface area contributed by atoms with Gasteiger partial charge in [0.05, 0.1) is 13.7 Å². The predicted molar refractivity (Wildman–Crippen MR) is 96.1 cm³/mol. The van der Waals surface area contributed by atoms with Gasteiger partial charge in [0.1, 0.15) is 10.8 Å². The zero-order valence-corrected chi connectivity index (χ0v) is 15.5. The van der Waals surface area contributed by atoms with Gasteiger partial charge < -0.3 is 19.7 Å². The van der Waals surface area contributed by atoms with E-state index in [0.717, 1.165) is 11.3 Å². The van der Waals surface area contributed by atoms with Crippen molar-refractivity contribution in [3.05, 3.63) is 35.3 Å². The number of aromatic nitrogens is 1. The minimum atomic E-state index is -0.699. The van der Waals surface area contributed by atoms with E-state index in [1.165, 1.54) is 16.2 Å². The highest BCUT2D eigenvalue weighted by Crippen LogP contribution is 2.25. The number of hydrogen-bond acceptors (Lipinski definition) is 7. The SMILES string of the molecule is COc1ccc(-c2nc(C(=O)OCC(=O)NCC(=O)N(C)C)cs2)cc1. The molecule has 0 aliphatic rings. The summed E-state index contributed by atoms with van der Waals surface area (Å²) in [7, 11) is 4.74. The van der Waals surface area contributed by atoms with Gasteiger partial charge in [-0.1, -0.05) is 0 Å². The van der Waals surface area contributed by atoms with Crippen LogP contribution in [0, 0.1) is 0 Å². The normalized spacial score (nSPS) is 10.1. The van der Waals surface area contributed by atoms with Crippen LogP contribution >= 0.6 is 11.3 Å². The van der Waals surface area contributed by atoms with Gasteiger partial charge in [0, 0.05) is 25.0 Å². The van der Waals surface area contributed by atoms with Crippen LogP contribution in [0.1, 0.15) is 10.5 Å². The first-order chi connectivity index (χ1) is 12.4. The zero-order chi connectivity index (χ0) is 19.1. The van der Waals surface area contributed by atoms with E-state index in [2.05, 4.69) is 10.3 Å². The summed E-state index contributed by atoms with van der Waals surface area (Å²) in [6.45, 7) is -0.628. The molecule has 26 heavy (non-hydrogen) atoms. The third-order valence-corrected chi connectivity index (χ3v) is 4.21. The molecule has 8 nitrogen and oxygen atoms in total. The van der Waals surface area contributed by atoms with E-state index in [4.69, 9.17) is 9.47 Å². The minimum absolute atomic E-state index is 0.123. The van der Waals surface area contributed by atoms with Crippen molar-refractivity contribution in [1.29, 1.82) is 0 Å². The summed E-state index contributed by atoms with van der Waals surface area (Å²) in [6.07, 6.45) is 0. The van der Waals surface area contributed by atoms with E-state index < -0.39 is 18.5 Å². The first-order valence-electron chi connectivity index (χ1n) is 7.64. The molecule has 138 valence electrons. The van der Waals surface area contributed by atoms with Crippen molar-refractivity contribution in [3.8, 4) is 16.3 Å². The predicted octanol–water partition coefficient (Wildman–Crippen LogP) is 1.18. The topological polar surface area (TPSA) is 97.8 Å². The van der Waals surface area contributed by atoms with E-state index in [9.17, 15) is 14.4 Å². The van der Waals surface area contributed by atoms with E-state index in [1.807, 2.05) is 12.1 Å². The number of hydrogen-bond donors (Lipinski definition) is 1. The number of amides is 2. The van der Waals surface area contributed by atoms with Gasteiger partial charge in [0.25, 0.3) is 5.91 Å². The summed E-state index contributed by atoms with van der Waals surface area (Å²) in [5.74, 6) is -0.786. The molecule has 1 aromatic heterocycles. The van der Waals surface area contributed by atoms with Crippen LogP contribution in [0.2, 0.25) is 0 Å². The molecule has 1 heterocycles. The lowest BCUT2D eigenvalue weighted by Crippen LogP contribution is -2.38. The Morgan fingerprint density at radius 3 is 2.50 bits per heavy atom. The largest absolute Gasteiger partial charge is 0.497 e. The molecule has 9 heteroatoms. The molecule has 0 saturated carbocycles. The number of ether oxygens (including phenoxy) is 2. The minimum Gasteiger partial charge on any atom is -0.497 e. The van der Waals surface area contributed by atoms with Crippen molar-refractivity contribution >= 4 is 29.1 Å². The Morgan fingerprint density at radius 1 is 1.19 bits per heavy atom. The molecular weight excluding hydrogens is 358 g/mol. The monoisotopic (exact) mass is 377 g/mol. The molecule has 0 fully saturated rings. The molecule has 0 aliphatic carbocycles. The van der Waals surface area contributed by atoms with Gasteiger partial charge in [-0.15, -0.1) is 11.3 Å². The van der Waals surface area contributed by atoms with Gasteiger partial charge in [0.15, 0.2) is 12.3 Å². The Labute approximate surface area is 154 Å². The maximum absolute atomic E-state index is 12.0. The van der Waals surface area contributed by atoms with E-state index in [-0.39, 0.29) is 18.1 Å². The smallest absolute Gasteiger partial charge is 0.358 e. The molecule has 2 rings (SSSR count). The van der Waals surface area contributed by atoms with Crippen LogP contribution in [0.15, 0.2) is 29.6 Å². The van der Waals surface area contributed by atoms with Crippen molar-refractivity contribution in [2.45, 2.75) is 0 Å². The average molecular weight is 377 g/mol. The van der Waals surface area contributed by atoms with Crippen LogP contribution in [0.4, 0.5) is 0 Å². The summed E-state index contributed by atoms with van der Waals surface area (Å²) in [5, 5.41) is 4.59. The first-order valence-corrected chi connectivity index (χ1v) is 8.52. The number of esters is 1. The average Bonchev–Trinajstić information content (AvgIpc) is 3.14. The number of carbonyl (C=O) groups excluding carboxylic acids is 3. The third kappa shape index (κ3) is 5.28. The molecule has 1 N–H and O–H groups in total. The lowest BCUT2D eigenvalue weighted by molar-refractivity contribution is -0.131. The number of carbonyl (C=O) groups is 3. The second-order valence-electron chi connectivity index (χ2n) is 5.41. The second-order valence-corrected chi connectivity index (χ2v) is 6.27. The van der Waals surface area contributed by atoms with Crippen molar-refractivity contribution in [3.63, 3.8) is 0 Å². The Balaban J connectivity index is 1.87. The molecule has 0 radical (unpaired) electrons. The van der Waals surface area contributed by atoms with Crippen molar-refractivity contribution < 1.29 is 23.9 Å². The number of nitrogens with one attached hydrogen (secondary N) is 1. The van der Waals surface area contributed by atoms with Crippen LogP contribution < -0.4 is 10.1 Å². The molecule has 0 atom stereocenters. The fourth-order valence-electron chi connectivity index (χ4n) is 1.82. The van der Waals surface area contributed by atoms with Crippen LogP contribution in [0.5, 0.6) is 5.75 Å². The molecule has 0 bridgehead atoms. The van der Waals surface area contributed by atoms with Crippen molar-refractivity contribution in [1.82, 2.24) is 15.2 Å². The fraction of sp³-hybridized carbons (Fsp3) is 0.294. The standard InChI is InChI=1S/C17H19N3O5S/c1-20(2)15(22)8-18-14(21)9-25-17(23)13-10-26-16(19-13)11-4-6-12(24-3)7-5-11/h4-7,10H,8-9H2,1-3H3,(H,18,21). The number of rotatable bonds is 7. The maximum atomic E-state index is 12.0. The van der Waals surface area contributed by atoms with Gasteiger partial charge >= 0.3 is 5.97 Å². The van der Waals surface area contributed by atoms with Gasteiger partial charge in [0.2, 0.25) is 5.91 Å². The third-order valence-electron chi connectivity index (χ3n) is 3.32. The van der Waals surface area contributed by atoms with Crippen LogP contribution in [0.3, 0.4) is 0 Å². The highest BCUT2D eigenvalue weighted by molar-refractivity contribution is 7.13.